The molecule has 0 N–H and O–H groups in total. The van der Waals surface area contributed by atoms with Crippen molar-refractivity contribution in [2.45, 2.75) is 24.6 Å². The molecule has 0 fully saturated rings. The number of carbonyl (C=O) groups is 2. The summed E-state index contributed by atoms with van der Waals surface area (Å²) in [6.45, 7) is 1.75. The Morgan fingerprint density at radius 1 is 1.37 bits per heavy atom. The quantitative estimate of drug-likeness (QED) is 0.680. The molecule has 8 heteroatoms. The van der Waals surface area contributed by atoms with Crippen LogP contribution in [0.15, 0.2) is 52.2 Å². The van der Waals surface area contributed by atoms with Gasteiger partial charge in [-0.2, -0.15) is 5.10 Å². The van der Waals surface area contributed by atoms with E-state index in [1.165, 1.54) is 23.9 Å². The Morgan fingerprint density at radius 3 is 2.74 bits per heavy atom. The van der Waals surface area contributed by atoms with E-state index in [1.807, 2.05) is 18.2 Å². The molecule has 2 heterocycles. The molecule has 0 bridgehead atoms. The number of carbonyl (C=O) groups excluding carboxylic acids is 2. The van der Waals surface area contributed by atoms with Gasteiger partial charge in [0.25, 0.3) is 5.91 Å². The lowest BCUT2D eigenvalue weighted by Crippen LogP contribution is -2.33. The average Bonchev–Trinajstić information content (AvgIpc) is 3.35. The summed E-state index contributed by atoms with van der Waals surface area (Å²) < 4.78 is 10.2. The van der Waals surface area contributed by atoms with Gasteiger partial charge in [-0.15, -0.1) is 11.8 Å². The zero-order valence-electron chi connectivity index (χ0n) is 14.9. The summed E-state index contributed by atoms with van der Waals surface area (Å²) in [5, 5.41) is 6.21. The van der Waals surface area contributed by atoms with Gasteiger partial charge in [0.05, 0.1) is 30.1 Å². The van der Waals surface area contributed by atoms with Crippen LogP contribution >= 0.6 is 23.4 Å². The minimum absolute atomic E-state index is 0.108. The van der Waals surface area contributed by atoms with E-state index in [0.29, 0.717) is 17.2 Å². The fraction of sp³-hybridized carbons (Fsp3) is 0.316. The predicted octanol–water partition coefficient (Wildman–Crippen LogP) is 3.91. The highest BCUT2D eigenvalue weighted by atomic mass is 35.5. The summed E-state index contributed by atoms with van der Waals surface area (Å²) in [6, 6.07) is 10.6. The third kappa shape index (κ3) is 4.54. The maximum absolute atomic E-state index is 13.0. The number of hydrogen-bond acceptors (Lipinski definition) is 6. The standard InChI is InChI=1S/C19H19ClN2O4S/c1-12(27-11-18(23)25-2)19(24)22-16(17-4-3-9-26-17)10-15(21-22)13-5-7-14(20)8-6-13/h3-9,12,16H,10-11H2,1-2H3. The fourth-order valence-electron chi connectivity index (χ4n) is 2.74. The number of amides is 1. The Kier molecular flexibility index (Phi) is 6.23. The normalized spacial score (nSPS) is 17.5. The molecular weight excluding hydrogens is 388 g/mol. The van der Waals surface area contributed by atoms with Gasteiger partial charge in [-0.05, 0) is 36.8 Å². The minimum Gasteiger partial charge on any atom is -0.468 e. The van der Waals surface area contributed by atoms with E-state index in [2.05, 4.69) is 9.84 Å². The highest BCUT2D eigenvalue weighted by molar-refractivity contribution is 8.01. The Hall–Kier alpha value is -2.25. The van der Waals surface area contributed by atoms with Gasteiger partial charge < -0.3 is 9.15 Å². The Balaban J connectivity index is 1.82. The van der Waals surface area contributed by atoms with E-state index in [4.69, 9.17) is 16.0 Å². The average molecular weight is 407 g/mol. The Labute approximate surface area is 166 Å². The summed E-state index contributed by atoms with van der Waals surface area (Å²) in [7, 11) is 1.32. The molecule has 1 aromatic heterocycles. The summed E-state index contributed by atoms with van der Waals surface area (Å²) in [5.41, 5.74) is 1.69. The molecule has 2 atom stereocenters. The number of esters is 1. The number of rotatable bonds is 6. The SMILES string of the molecule is COC(=O)CSC(C)C(=O)N1N=C(c2ccc(Cl)cc2)CC1c1ccco1. The maximum Gasteiger partial charge on any atom is 0.315 e. The first-order chi connectivity index (χ1) is 13.0. The third-order valence-corrected chi connectivity index (χ3v) is 5.57. The van der Waals surface area contributed by atoms with Crippen LogP contribution in [0.4, 0.5) is 0 Å². The molecule has 0 spiro atoms. The van der Waals surface area contributed by atoms with E-state index >= 15 is 0 Å². The summed E-state index contributed by atoms with van der Waals surface area (Å²) in [5.74, 6) is 0.223. The lowest BCUT2D eigenvalue weighted by molar-refractivity contribution is -0.137. The molecule has 1 aromatic carbocycles. The zero-order chi connectivity index (χ0) is 19.4. The number of hydrogen-bond donors (Lipinski definition) is 0. The monoisotopic (exact) mass is 406 g/mol. The van der Waals surface area contributed by atoms with Crippen LogP contribution in [-0.4, -0.2) is 40.7 Å². The van der Waals surface area contributed by atoms with Gasteiger partial charge in [-0.1, -0.05) is 23.7 Å². The van der Waals surface area contributed by atoms with Gasteiger partial charge in [-0.25, -0.2) is 5.01 Å². The van der Waals surface area contributed by atoms with Crippen molar-refractivity contribution in [1.29, 1.82) is 0 Å². The second-order valence-electron chi connectivity index (χ2n) is 6.00. The molecule has 3 rings (SSSR count). The maximum atomic E-state index is 13.0. The number of ether oxygens (including phenoxy) is 1. The van der Waals surface area contributed by atoms with Gasteiger partial charge in [0.1, 0.15) is 11.8 Å². The second kappa shape index (κ2) is 8.63. The van der Waals surface area contributed by atoms with Crippen LogP contribution in [0.5, 0.6) is 0 Å². The first-order valence-electron chi connectivity index (χ1n) is 8.38. The smallest absolute Gasteiger partial charge is 0.315 e. The van der Waals surface area contributed by atoms with E-state index in [1.54, 1.807) is 31.4 Å². The molecule has 27 heavy (non-hydrogen) atoms. The molecular formula is C19H19ClN2O4S. The van der Waals surface area contributed by atoms with Crippen LogP contribution in [0.2, 0.25) is 5.02 Å². The van der Waals surface area contributed by atoms with E-state index in [9.17, 15) is 9.59 Å². The molecule has 2 unspecified atom stereocenters. The molecule has 2 aromatic rings. The Bertz CT molecular complexity index is 836. The van der Waals surface area contributed by atoms with Crippen molar-refractivity contribution in [2.24, 2.45) is 5.10 Å². The van der Waals surface area contributed by atoms with Crippen LogP contribution in [0.1, 0.15) is 30.7 Å². The van der Waals surface area contributed by atoms with Gasteiger partial charge in [0.15, 0.2) is 0 Å². The molecule has 0 saturated carbocycles. The largest absolute Gasteiger partial charge is 0.468 e. The van der Waals surface area contributed by atoms with Gasteiger partial charge >= 0.3 is 5.97 Å². The molecule has 1 aliphatic heterocycles. The first kappa shape index (κ1) is 19.5. The van der Waals surface area contributed by atoms with E-state index in [0.717, 1.165) is 11.3 Å². The third-order valence-electron chi connectivity index (χ3n) is 4.21. The van der Waals surface area contributed by atoms with E-state index < -0.39 is 5.25 Å². The van der Waals surface area contributed by atoms with Crippen LogP contribution in [0.3, 0.4) is 0 Å². The summed E-state index contributed by atoms with van der Waals surface area (Å²) in [6.07, 6.45) is 2.11. The minimum atomic E-state index is -0.449. The fourth-order valence-corrected chi connectivity index (χ4v) is 3.62. The zero-order valence-corrected chi connectivity index (χ0v) is 16.5. The topological polar surface area (TPSA) is 72.1 Å². The van der Waals surface area contributed by atoms with Gasteiger partial charge in [0.2, 0.25) is 0 Å². The number of thioether (sulfide) groups is 1. The number of halogens is 1. The van der Waals surface area contributed by atoms with Gasteiger partial charge in [0, 0.05) is 11.4 Å². The molecule has 0 aliphatic carbocycles. The molecule has 142 valence electrons. The summed E-state index contributed by atoms with van der Waals surface area (Å²) >= 11 is 7.18. The number of benzene rings is 1. The van der Waals surface area contributed by atoms with Crippen LogP contribution in [0, 0.1) is 0 Å². The highest BCUT2D eigenvalue weighted by Gasteiger charge is 2.36. The predicted molar refractivity (Wildman–Crippen MR) is 105 cm³/mol. The number of furan rings is 1. The molecule has 0 saturated heterocycles. The lowest BCUT2D eigenvalue weighted by atomic mass is 10.0. The van der Waals surface area contributed by atoms with Gasteiger partial charge in [-0.3, -0.25) is 9.59 Å². The number of methoxy groups -OCH3 is 1. The highest BCUT2D eigenvalue weighted by Crippen LogP contribution is 2.34. The van der Waals surface area contributed by atoms with Crippen molar-refractivity contribution in [1.82, 2.24) is 5.01 Å². The van der Waals surface area contributed by atoms with Crippen LogP contribution in [-0.2, 0) is 14.3 Å². The second-order valence-corrected chi connectivity index (χ2v) is 7.77. The molecule has 1 aliphatic rings. The van der Waals surface area contributed by atoms with Crippen molar-refractivity contribution >= 4 is 41.0 Å². The Morgan fingerprint density at radius 2 is 2.11 bits per heavy atom. The number of nitrogens with zero attached hydrogens (tertiary/aromatic N) is 2. The van der Waals surface area contributed by atoms with Crippen molar-refractivity contribution in [3.63, 3.8) is 0 Å². The van der Waals surface area contributed by atoms with Crippen molar-refractivity contribution in [3.05, 3.63) is 59.0 Å². The van der Waals surface area contributed by atoms with Crippen LogP contribution in [0.25, 0.3) is 0 Å². The molecule has 6 nitrogen and oxygen atoms in total. The van der Waals surface area contributed by atoms with Crippen molar-refractivity contribution in [2.75, 3.05) is 12.9 Å². The number of hydrazone groups is 1. The van der Waals surface area contributed by atoms with Crippen LogP contribution < -0.4 is 0 Å². The lowest BCUT2D eigenvalue weighted by Gasteiger charge is -2.22. The van der Waals surface area contributed by atoms with Crippen molar-refractivity contribution in [3.8, 4) is 0 Å². The summed E-state index contributed by atoms with van der Waals surface area (Å²) in [4.78, 5) is 24.3. The first-order valence-corrected chi connectivity index (χ1v) is 9.80. The molecule has 1 amide bonds. The van der Waals surface area contributed by atoms with E-state index in [-0.39, 0.29) is 23.7 Å². The van der Waals surface area contributed by atoms with Crippen molar-refractivity contribution < 1.29 is 18.7 Å². The molecule has 0 radical (unpaired) electrons.